The molecule has 0 bridgehead atoms. The number of rotatable bonds is 5. The van der Waals surface area contributed by atoms with Gasteiger partial charge in [0.1, 0.15) is 5.82 Å². The second-order valence-electron chi connectivity index (χ2n) is 5.56. The Balaban J connectivity index is 1.71. The van der Waals surface area contributed by atoms with Gasteiger partial charge in [0.25, 0.3) is 0 Å². The van der Waals surface area contributed by atoms with E-state index in [0.29, 0.717) is 18.0 Å². The van der Waals surface area contributed by atoms with Gasteiger partial charge in [-0.25, -0.2) is 4.39 Å². The molecule has 106 valence electrons. The fraction of sp³-hybridized carbons (Fsp3) is 0.278. The van der Waals surface area contributed by atoms with Crippen LogP contribution in [0.15, 0.2) is 48.5 Å². The molecule has 21 heavy (non-hydrogen) atoms. The van der Waals surface area contributed by atoms with Crippen molar-refractivity contribution in [2.45, 2.75) is 25.4 Å². The second kappa shape index (κ2) is 6.07. The van der Waals surface area contributed by atoms with Gasteiger partial charge in [-0.2, -0.15) is 5.26 Å². The van der Waals surface area contributed by atoms with Crippen LogP contribution in [0.4, 0.5) is 4.39 Å². The lowest BCUT2D eigenvalue weighted by Crippen LogP contribution is -2.22. The van der Waals surface area contributed by atoms with Crippen molar-refractivity contribution in [1.29, 1.82) is 5.26 Å². The van der Waals surface area contributed by atoms with E-state index >= 15 is 0 Å². The van der Waals surface area contributed by atoms with Crippen LogP contribution in [0.2, 0.25) is 0 Å². The van der Waals surface area contributed by atoms with Crippen LogP contribution in [0.3, 0.4) is 0 Å². The quantitative estimate of drug-likeness (QED) is 0.900. The number of halogens is 1. The van der Waals surface area contributed by atoms with Crippen LogP contribution in [0.25, 0.3) is 0 Å². The van der Waals surface area contributed by atoms with E-state index in [1.165, 1.54) is 25.0 Å². The lowest BCUT2D eigenvalue weighted by Gasteiger charge is -2.19. The smallest absolute Gasteiger partial charge is 0.123 e. The molecule has 1 saturated carbocycles. The van der Waals surface area contributed by atoms with Gasteiger partial charge in [-0.3, -0.25) is 0 Å². The van der Waals surface area contributed by atoms with Crippen molar-refractivity contribution in [1.82, 2.24) is 5.32 Å². The summed E-state index contributed by atoms with van der Waals surface area (Å²) in [5.41, 5.74) is 2.91. The largest absolute Gasteiger partial charge is 0.306 e. The average molecular weight is 280 g/mol. The van der Waals surface area contributed by atoms with E-state index in [1.54, 1.807) is 0 Å². The van der Waals surface area contributed by atoms with Crippen LogP contribution in [-0.2, 0) is 6.54 Å². The van der Waals surface area contributed by atoms with Crippen LogP contribution in [0, 0.1) is 23.1 Å². The molecule has 0 spiro atoms. The molecule has 1 N–H and O–H groups in total. The molecule has 1 unspecified atom stereocenters. The van der Waals surface area contributed by atoms with E-state index in [4.69, 9.17) is 5.26 Å². The molecule has 0 radical (unpaired) electrons. The number of nitrogens with one attached hydrogen (secondary N) is 1. The first kappa shape index (κ1) is 13.8. The van der Waals surface area contributed by atoms with E-state index in [0.717, 1.165) is 11.1 Å². The first-order chi connectivity index (χ1) is 10.3. The summed E-state index contributed by atoms with van der Waals surface area (Å²) in [5, 5.41) is 12.5. The summed E-state index contributed by atoms with van der Waals surface area (Å²) >= 11 is 0. The molecule has 0 heterocycles. The Bertz CT molecular complexity index is 654. The summed E-state index contributed by atoms with van der Waals surface area (Å²) in [5.74, 6) is 0.435. The van der Waals surface area contributed by atoms with Crippen molar-refractivity contribution in [2.24, 2.45) is 5.92 Å². The molecule has 2 aromatic rings. The summed E-state index contributed by atoms with van der Waals surface area (Å²) in [4.78, 5) is 0. The van der Waals surface area contributed by atoms with Gasteiger partial charge >= 0.3 is 0 Å². The summed E-state index contributed by atoms with van der Waals surface area (Å²) in [6.07, 6.45) is 2.43. The zero-order chi connectivity index (χ0) is 14.7. The molecule has 1 atom stereocenters. The summed E-state index contributed by atoms with van der Waals surface area (Å²) in [6, 6.07) is 16.8. The monoisotopic (exact) mass is 280 g/mol. The lowest BCUT2D eigenvalue weighted by atomic mass is 10.0. The van der Waals surface area contributed by atoms with Crippen molar-refractivity contribution in [3.8, 4) is 6.07 Å². The molecule has 0 aromatic heterocycles. The van der Waals surface area contributed by atoms with Gasteiger partial charge in [0.2, 0.25) is 0 Å². The van der Waals surface area contributed by atoms with E-state index in [1.807, 2.05) is 36.4 Å². The molecule has 1 aliphatic carbocycles. The molecule has 2 nitrogen and oxygen atoms in total. The van der Waals surface area contributed by atoms with Gasteiger partial charge in [0.15, 0.2) is 0 Å². The standard InChI is InChI=1S/C18H17FN2/c19-17-8-6-16(7-9-17)18(15-4-5-15)21-12-14-3-1-2-13(10-14)11-20/h1-3,6-10,15,18,21H,4-5,12H2. The molecule has 0 aliphatic heterocycles. The SMILES string of the molecule is N#Cc1cccc(CNC(c2ccc(F)cc2)C2CC2)c1. The number of nitriles is 1. The normalized spacial score (nSPS) is 15.4. The Labute approximate surface area is 124 Å². The molecule has 3 heteroatoms. The van der Waals surface area contributed by atoms with E-state index < -0.39 is 0 Å². The predicted octanol–water partition coefficient (Wildman–Crippen LogP) is 3.94. The molecular formula is C18H17FN2. The maximum absolute atomic E-state index is 13.0. The van der Waals surface area contributed by atoms with Crippen molar-refractivity contribution < 1.29 is 4.39 Å². The molecule has 2 aromatic carbocycles. The Morgan fingerprint density at radius 3 is 2.62 bits per heavy atom. The van der Waals surface area contributed by atoms with Crippen LogP contribution >= 0.6 is 0 Å². The Morgan fingerprint density at radius 1 is 1.19 bits per heavy atom. The van der Waals surface area contributed by atoms with Gasteiger partial charge in [-0.05, 0) is 54.2 Å². The van der Waals surface area contributed by atoms with Crippen LogP contribution in [-0.4, -0.2) is 0 Å². The first-order valence-corrected chi connectivity index (χ1v) is 7.24. The highest BCUT2D eigenvalue weighted by molar-refractivity contribution is 5.33. The van der Waals surface area contributed by atoms with Gasteiger partial charge in [0.05, 0.1) is 11.6 Å². The fourth-order valence-electron chi connectivity index (χ4n) is 2.64. The van der Waals surface area contributed by atoms with Crippen LogP contribution in [0.1, 0.15) is 35.6 Å². The summed E-state index contributed by atoms with van der Waals surface area (Å²) in [6.45, 7) is 0.716. The van der Waals surface area contributed by atoms with Gasteiger partial charge in [0, 0.05) is 12.6 Å². The maximum atomic E-state index is 13.0. The van der Waals surface area contributed by atoms with Crippen molar-refractivity contribution in [2.75, 3.05) is 0 Å². The minimum atomic E-state index is -0.199. The summed E-state index contributed by atoms with van der Waals surface area (Å²) in [7, 11) is 0. The number of hydrogen-bond acceptors (Lipinski definition) is 2. The highest BCUT2D eigenvalue weighted by Gasteiger charge is 2.31. The third-order valence-corrected chi connectivity index (χ3v) is 3.90. The van der Waals surface area contributed by atoms with Crippen molar-refractivity contribution in [3.63, 3.8) is 0 Å². The van der Waals surface area contributed by atoms with Crippen LogP contribution < -0.4 is 5.32 Å². The molecule has 1 aliphatic rings. The Kier molecular flexibility index (Phi) is 3.98. The zero-order valence-corrected chi connectivity index (χ0v) is 11.7. The van der Waals surface area contributed by atoms with Crippen molar-refractivity contribution >= 4 is 0 Å². The molecule has 0 amide bonds. The highest BCUT2D eigenvalue weighted by Crippen LogP contribution is 2.41. The minimum absolute atomic E-state index is 0.199. The van der Waals surface area contributed by atoms with Gasteiger partial charge in [-0.1, -0.05) is 24.3 Å². The minimum Gasteiger partial charge on any atom is -0.306 e. The second-order valence-corrected chi connectivity index (χ2v) is 5.56. The molecule has 1 fully saturated rings. The number of hydrogen-bond donors (Lipinski definition) is 1. The first-order valence-electron chi connectivity index (χ1n) is 7.24. The van der Waals surface area contributed by atoms with E-state index in [2.05, 4.69) is 11.4 Å². The average Bonchev–Trinajstić information content (AvgIpc) is 3.34. The molecule has 3 rings (SSSR count). The van der Waals surface area contributed by atoms with E-state index in [9.17, 15) is 4.39 Å². The Hall–Kier alpha value is -2.18. The molecular weight excluding hydrogens is 263 g/mol. The van der Waals surface area contributed by atoms with Crippen LogP contribution in [0.5, 0.6) is 0 Å². The lowest BCUT2D eigenvalue weighted by molar-refractivity contribution is 0.479. The maximum Gasteiger partial charge on any atom is 0.123 e. The predicted molar refractivity (Wildman–Crippen MR) is 79.9 cm³/mol. The van der Waals surface area contributed by atoms with E-state index in [-0.39, 0.29) is 11.9 Å². The summed E-state index contributed by atoms with van der Waals surface area (Å²) < 4.78 is 13.0. The van der Waals surface area contributed by atoms with Gasteiger partial charge in [-0.15, -0.1) is 0 Å². The molecule has 0 saturated heterocycles. The Morgan fingerprint density at radius 2 is 1.95 bits per heavy atom. The number of nitrogens with zero attached hydrogens (tertiary/aromatic N) is 1. The third kappa shape index (κ3) is 3.48. The topological polar surface area (TPSA) is 35.8 Å². The van der Waals surface area contributed by atoms with Gasteiger partial charge < -0.3 is 5.32 Å². The highest BCUT2D eigenvalue weighted by atomic mass is 19.1. The third-order valence-electron chi connectivity index (χ3n) is 3.90. The zero-order valence-electron chi connectivity index (χ0n) is 11.7. The number of benzene rings is 2. The fourth-order valence-corrected chi connectivity index (χ4v) is 2.64. The van der Waals surface area contributed by atoms with Crippen molar-refractivity contribution in [3.05, 3.63) is 71.0 Å².